The van der Waals surface area contributed by atoms with E-state index in [2.05, 4.69) is 22.3 Å². The van der Waals surface area contributed by atoms with Crippen molar-refractivity contribution in [2.24, 2.45) is 0 Å². The Hall–Kier alpha value is -1.55. The average molecular weight is 262 g/mol. The highest BCUT2D eigenvalue weighted by atomic mass is 16.4. The number of para-hydroxylation sites is 1. The maximum atomic E-state index is 11.5. The molecule has 0 saturated heterocycles. The number of rotatable bonds is 6. The lowest BCUT2D eigenvalue weighted by Gasteiger charge is -2.32. The Bertz CT molecular complexity index is 461. The van der Waals surface area contributed by atoms with Crippen molar-refractivity contribution in [2.75, 3.05) is 24.5 Å². The van der Waals surface area contributed by atoms with Crippen LogP contribution in [0, 0.1) is 0 Å². The average Bonchev–Trinajstić information content (AvgIpc) is 2.80. The second-order valence-corrected chi connectivity index (χ2v) is 5.36. The van der Waals surface area contributed by atoms with E-state index in [1.165, 1.54) is 11.3 Å². The molecule has 1 atom stereocenters. The minimum atomic E-state index is -0.895. The van der Waals surface area contributed by atoms with Crippen molar-refractivity contribution in [3.63, 3.8) is 0 Å². The molecule has 19 heavy (non-hydrogen) atoms. The van der Waals surface area contributed by atoms with Crippen molar-refractivity contribution in [2.45, 2.75) is 32.2 Å². The van der Waals surface area contributed by atoms with Crippen molar-refractivity contribution in [1.82, 2.24) is 5.32 Å². The van der Waals surface area contributed by atoms with Crippen molar-refractivity contribution in [3.05, 3.63) is 29.8 Å². The maximum Gasteiger partial charge on any atom is 0.325 e. The van der Waals surface area contributed by atoms with E-state index >= 15 is 0 Å². The van der Waals surface area contributed by atoms with Crippen LogP contribution in [0.3, 0.4) is 0 Å². The van der Waals surface area contributed by atoms with Crippen LogP contribution in [0.25, 0.3) is 0 Å². The molecule has 1 aliphatic rings. The molecule has 0 saturated carbocycles. The van der Waals surface area contributed by atoms with Crippen LogP contribution in [-0.2, 0) is 11.2 Å². The monoisotopic (exact) mass is 262 g/mol. The van der Waals surface area contributed by atoms with E-state index in [0.29, 0.717) is 6.54 Å². The molecule has 2 N–H and O–H groups in total. The molecule has 0 aliphatic carbocycles. The number of benzene rings is 1. The number of fused-ring (bicyclic) bond motifs is 1. The van der Waals surface area contributed by atoms with Crippen molar-refractivity contribution >= 4 is 11.7 Å². The zero-order valence-corrected chi connectivity index (χ0v) is 11.6. The highest BCUT2D eigenvalue weighted by Crippen LogP contribution is 2.28. The molecular weight excluding hydrogens is 240 g/mol. The number of anilines is 1. The summed E-state index contributed by atoms with van der Waals surface area (Å²) in [6.45, 7) is 5.93. The van der Waals surface area contributed by atoms with E-state index in [1.54, 1.807) is 6.92 Å². The molecule has 0 bridgehead atoms. The lowest BCUT2D eigenvalue weighted by Crippen LogP contribution is -2.57. The van der Waals surface area contributed by atoms with E-state index < -0.39 is 11.5 Å². The van der Waals surface area contributed by atoms with Gasteiger partial charge in [-0.25, -0.2) is 0 Å². The standard InChI is InChI=1S/C15H22N2O2/c1-3-9-16-15(2,14(18)19)11-17-10-8-12-6-4-5-7-13(12)17/h4-7,16H,3,8-11H2,1-2H3,(H,18,19). The summed E-state index contributed by atoms with van der Waals surface area (Å²) in [6.07, 6.45) is 1.93. The predicted molar refractivity (Wildman–Crippen MR) is 76.7 cm³/mol. The Labute approximate surface area is 114 Å². The van der Waals surface area contributed by atoms with Gasteiger partial charge in [0, 0.05) is 18.8 Å². The zero-order valence-electron chi connectivity index (χ0n) is 11.6. The van der Waals surface area contributed by atoms with Gasteiger partial charge in [-0.15, -0.1) is 0 Å². The van der Waals surface area contributed by atoms with E-state index in [1.807, 2.05) is 19.1 Å². The summed E-state index contributed by atoms with van der Waals surface area (Å²) < 4.78 is 0. The predicted octanol–water partition coefficient (Wildman–Crippen LogP) is 1.89. The molecule has 0 spiro atoms. The molecule has 1 heterocycles. The number of carbonyl (C=O) groups is 1. The quantitative estimate of drug-likeness (QED) is 0.822. The number of carboxylic acid groups (broad SMARTS) is 1. The van der Waals surface area contributed by atoms with Crippen LogP contribution in [0.15, 0.2) is 24.3 Å². The van der Waals surface area contributed by atoms with Crippen LogP contribution in [0.2, 0.25) is 0 Å². The molecule has 1 aromatic rings. The molecule has 4 heteroatoms. The van der Waals surface area contributed by atoms with Crippen molar-refractivity contribution in [3.8, 4) is 0 Å². The summed E-state index contributed by atoms with van der Waals surface area (Å²) in [6, 6.07) is 8.24. The van der Waals surface area contributed by atoms with Crippen LogP contribution >= 0.6 is 0 Å². The lowest BCUT2D eigenvalue weighted by molar-refractivity contribution is -0.143. The summed E-state index contributed by atoms with van der Waals surface area (Å²) in [5, 5.41) is 12.6. The third-order valence-corrected chi connectivity index (χ3v) is 3.73. The molecule has 1 unspecified atom stereocenters. The minimum absolute atomic E-state index is 0.499. The molecule has 0 radical (unpaired) electrons. The third kappa shape index (κ3) is 2.89. The zero-order chi connectivity index (χ0) is 13.9. The highest BCUT2D eigenvalue weighted by Gasteiger charge is 2.36. The first-order valence-corrected chi connectivity index (χ1v) is 6.88. The van der Waals surface area contributed by atoms with Crippen LogP contribution in [0.4, 0.5) is 5.69 Å². The number of hydrogen-bond acceptors (Lipinski definition) is 3. The first-order chi connectivity index (χ1) is 9.07. The van der Waals surface area contributed by atoms with Gasteiger partial charge in [-0.05, 0) is 37.9 Å². The number of nitrogens with one attached hydrogen (secondary N) is 1. The van der Waals surface area contributed by atoms with Gasteiger partial charge in [0.2, 0.25) is 0 Å². The maximum absolute atomic E-state index is 11.5. The number of hydrogen-bond donors (Lipinski definition) is 2. The smallest absolute Gasteiger partial charge is 0.325 e. The van der Waals surface area contributed by atoms with Gasteiger partial charge in [-0.1, -0.05) is 25.1 Å². The Morgan fingerprint density at radius 1 is 1.47 bits per heavy atom. The second-order valence-electron chi connectivity index (χ2n) is 5.36. The number of aliphatic carboxylic acids is 1. The molecule has 104 valence electrons. The second kappa shape index (κ2) is 5.61. The van der Waals surface area contributed by atoms with Gasteiger partial charge in [0.1, 0.15) is 5.54 Å². The van der Waals surface area contributed by atoms with Gasteiger partial charge in [-0.2, -0.15) is 0 Å². The Morgan fingerprint density at radius 2 is 2.21 bits per heavy atom. The van der Waals surface area contributed by atoms with Gasteiger partial charge in [0.25, 0.3) is 0 Å². The van der Waals surface area contributed by atoms with Gasteiger partial charge in [0.15, 0.2) is 0 Å². The molecule has 0 fully saturated rings. The van der Waals surface area contributed by atoms with Gasteiger partial charge < -0.3 is 15.3 Å². The third-order valence-electron chi connectivity index (χ3n) is 3.73. The normalized spacial score (nSPS) is 17.1. The molecule has 0 aromatic heterocycles. The fourth-order valence-corrected chi connectivity index (χ4v) is 2.55. The Kier molecular flexibility index (Phi) is 4.10. The highest BCUT2D eigenvalue weighted by molar-refractivity contribution is 5.79. The van der Waals surface area contributed by atoms with Gasteiger partial charge in [0.05, 0.1) is 0 Å². The van der Waals surface area contributed by atoms with Crippen molar-refractivity contribution < 1.29 is 9.90 Å². The molecule has 4 nitrogen and oxygen atoms in total. The van der Waals surface area contributed by atoms with E-state index in [-0.39, 0.29) is 0 Å². The van der Waals surface area contributed by atoms with Crippen LogP contribution in [-0.4, -0.2) is 36.2 Å². The first kappa shape index (κ1) is 13.9. The molecule has 1 aliphatic heterocycles. The minimum Gasteiger partial charge on any atom is -0.480 e. The van der Waals surface area contributed by atoms with Crippen molar-refractivity contribution in [1.29, 1.82) is 0 Å². The largest absolute Gasteiger partial charge is 0.480 e. The topological polar surface area (TPSA) is 52.6 Å². The fourth-order valence-electron chi connectivity index (χ4n) is 2.55. The SMILES string of the molecule is CCCNC(C)(CN1CCc2ccccc21)C(=O)O. The van der Waals surface area contributed by atoms with Crippen LogP contribution in [0.1, 0.15) is 25.8 Å². The fraction of sp³-hybridized carbons (Fsp3) is 0.533. The molecule has 0 amide bonds. The van der Waals surface area contributed by atoms with Gasteiger partial charge in [-0.3, -0.25) is 4.79 Å². The van der Waals surface area contributed by atoms with E-state index in [0.717, 1.165) is 25.9 Å². The van der Waals surface area contributed by atoms with Crippen LogP contribution in [0.5, 0.6) is 0 Å². The van der Waals surface area contributed by atoms with E-state index in [9.17, 15) is 9.90 Å². The molecular formula is C15H22N2O2. The summed E-state index contributed by atoms with van der Waals surface area (Å²) >= 11 is 0. The van der Waals surface area contributed by atoms with Gasteiger partial charge >= 0.3 is 5.97 Å². The number of nitrogens with zero attached hydrogens (tertiary/aromatic N) is 1. The Morgan fingerprint density at radius 3 is 2.89 bits per heavy atom. The summed E-state index contributed by atoms with van der Waals surface area (Å²) in [7, 11) is 0. The summed E-state index contributed by atoms with van der Waals surface area (Å²) in [5.74, 6) is -0.787. The summed E-state index contributed by atoms with van der Waals surface area (Å²) in [4.78, 5) is 13.7. The lowest BCUT2D eigenvalue weighted by atomic mass is 10.0. The first-order valence-electron chi connectivity index (χ1n) is 6.88. The molecule has 1 aromatic carbocycles. The number of carboxylic acids is 1. The van der Waals surface area contributed by atoms with E-state index in [4.69, 9.17) is 0 Å². The Balaban J connectivity index is 2.13. The summed E-state index contributed by atoms with van der Waals surface area (Å²) in [5.41, 5.74) is 1.59. The molecule has 2 rings (SSSR count). The van der Waals surface area contributed by atoms with Crippen LogP contribution < -0.4 is 10.2 Å².